The lowest BCUT2D eigenvalue weighted by atomic mass is 10.1. The Labute approximate surface area is 111 Å². The second kappa shape index (κ2) is 5.44. The summed E-state index contributed by atoms with van der Waals surface area (Å²) in [5.41, 5.74) is 9.56. The molecule has 98 valence electrons. The molecule has 4 N–H and O–H groups in total. The Hall–Kier alpha value is -2.49. The second-order valence-electron chi connectivity index (χ2n) is 4.45. The number of benzene rings is 2. The van der Waals surface area contributed by atoms with Crippen molar-refractivity contribution in [3.63, 3.8) is 0 Å². The van der Waals surface area contributed by atoms with Gasteiger partial charge in [0.2, 0.25) is 0 Å². The summed E-state index contributed by atoms with van der Waals surface area (Å²) in [5, 5.41) is 12.1. The highest BCUT2D eigenvalue weighted by atomic mass is 16.4. The van der Waals surface area contributed by atoms with Gasteiger partial charge in [0.15, 0.2) is 0 Å². The maximum Gasteiger partial charge on any atom is 0.335 e. The van der Waals surface area contributed by atoms with Crippen molar-refractivity contribution in [2.45, 2.75) is 13.5 Å². The molecule has 0 amide bonds. The summed E-state index contributed by atoms with van der Waals surface area (Å²) in [7, 11) is 0. The van der Waals surface area contributed by atoms with Gasteiger partial charge < -0.3 is 16.2 Å². The van der Waals surface area contributed by atoms with Crippen molar-refractivity contribution in [3.8, 4) is 0 Å². The van der Waals surface area contributed by atoms with Gasteiger partial charge in [0.05, 0.1) is 16.9 Å². The molecule has 0 aliphatic carbocycles. The molecule has 4 heteroatoms. The number of aryl methyl sites for hydroxylation is 1. The van der Waals surface area contributed by atoms with E-state index in [0.29, 0.717) is 12.2 Å². The first-order valence-electron chi connectivity index (χ1n) is 5.98. The molecule has 0 spiro atoms. The first-order chi connectivity index (χ1) is 9.06. The van der Waals surface area contributed by atoms with E-state index in [1.807, 2.05) is 25.1 Å². The Morgan fingerprint density at radius 3 is 2.68 bits per heavy atom. The van der Waals surface area contributed by atoms with Crippen LogP contribution < -0.4 is 11.1 Å². The summed E-state index contributed by atoms with van der Waals surface area (Å²) in [4.78, 5) is 10.8. The number of carboxylic acids is 1. The fourth-order valence-corrected chi connectivity index (χ4v) is 1.88. The first-order valence-corrected chi connectivity index (χ1v) is 5.98. The smallest absolute Gasteiger partial charge is 0.335 e. The van der Waals surface area contributed by atoms with Gasteiger partial charge in [-0.25, -0.2) is 4.79 Å². The molecule has 2 aromatic rings. The van der Waals surface area contributed by atoms with Crippen LogP contribution in [0.15, 0.2) is 42.5 Å². The van der Waals surface area contributed by atoms with Crippen LogP contribution in [-0.4, -0.2) is 11.1 Å². The van der Waals surface area contributed by atoms with Crippen molar-refractivity contribution in [2.75, 3.05) is 11.1 Å². The van der Waals surface area contributed by atoms with Crippen LogP contribution in [0.2, 0.25) is 0 Å². The molecule has 0 aromatic heterocycles. The molecule has 0 unspecified atom stereocenters. The normalized spacial score (nSPS) is 10.2. The molecule has 2 rings (SSSR count). The third kappa shape index (κ3) is 3.25. The molecule has 4 nitrogen and oxygen atoms in total. The average molecular weight is 256 g/mol. The summed E-state index contributed by atoms with van der Waals surface area (Å²) in [6.07, 6.45) is 0. The fourth-order valence-electron chi connectivity index (χ4n) is 1.88. The van der Waals surface area contributed by atoms with Crippen LogP contribution in [0, 0.1) is 6.92 Å². The van der Waals surface area contributed by atoms with Crippen molar-refractivity contribution in [1.29, 1.82) is 0 Å². The van der Waals surface area contributed by atoms with Gasteiger partial charge in [0.1, 0.15) is 0 Å². The summed E-state index contributed by atoms with van der Waals surface area (Å²) < 4.78 is 0. The minimum atomic E-state index is -0.975. The van der Waals surface area contributed by atoms with E-state index in [1.54, 1.807) is 6.07 Å². The quantitative estimate of drug-likeness (QED) is 0.735. The van der Waals surface area contributed by atoms with E-state index in [2.05, 4.69) is 11.4 Å². The molecule has 0 radical (unpaired) electrons. The van der Waals surface area contributed by atoms with Crippen LogP contribution >= 0.6 is 0 Å². The summed E-state index contributed by atoms with van der Waals surface area (Å²) in [6.45, 7) is 2.69. The summed E-state index contributed by atoms with van der Waals surface area (Å²) in [6, 6.07) is 12.9. The van der Waals surface area contributed by atoms with Crippen LogP contribution in [0.25, 0.3) is 0 Å². The van der Waals surface area contributed by atoms with Crippen molar-refractivity contribution in [1.82, 2.24) is 0 Å². The number of anilines is 2. The Morgan fingerprint density at radius 2 is 2.05 bits per heavy atom. The molecular weight excluding hydrogens is 240 g/mol. The van der Waals surface area contributed by atoms with E-state index in [0.717, 1.165) is 11.3 Å². The molecule has 0 saturated heterocycles. The molecule has 2 aromatic carbocycles. The maximum atomic E-state index is 10.8. The van der Waals surface area contributed by atoms with E-state index in [9.17, 15) is 4.79 Å². The number of hydrogen-bond donors (Lipinski definition) is 3. The highest BCUT2D eigenvalue weighted by Crippen LogP contribution is 2.20. The van der Waals surface area contributed by atoms with E-state index >= 15 is 0 Å². The number of nitrogen functional groups attached to an aromatic ring is 1. The van der Waals surface area contributed by atoms with Gasteiger partial charge in [0, 0.05) is 6.54 Å². The van der Waals surface area contributed by atoms with Crippen LogP contribution in [0.5, 0.6) is 0 Å². The van der Waals surface area contributed by atoms with Gasteiger partial charge in [-0.1, -0.05) is 29.8 Å². The summed E-state index contributed by atoms with van der Waals surface area (Å²) in [5.74, 6) is -0.975. The molecular formula is C15H16N2O2. The number of carboxylic acid groups (broad SMARTS) is 1. The molecule has 0 atom stereocenters. The highest BCUT2D eigenvalue weighted by Gasteiger charge is 2.06. The van der Waals surface area contributed by atoms with Gasteiger partial charge in [-0.15, -0.1) is 0 Å². The van der Waals surface area contributed by atoms with Crippen molar-refractivity contribution >= 4 is 17.3 Å². The number of hydrogen-bond acceptors (Lipinski definition) is 3. The number of rotatable bonds is 4. The van der Waals surface area contributed by atoms with E-state index < -0.39 is 5.97 Å². The van der Waals surface area contributed by atoms with E-state index in [-0.39, 0.29) is 5.56 Å². The number of carbonyl (C=O) groups is 1. The zero-order valence-electron chi connectivity index (χ0n) is 10.7. The largest absolute Gasteiger partial charge is 0.478 e. The van der Waals surface area contributed by atoms with E-state index in [1.165, 1.54) is 17.7 Å². The predicted octanol–water partition coefficient (Wildman–Crippen LogP) is 2.89. The molecule has 0 aliphatic rings. The molecule has 19 heavy (non-hydrogen) atoms. The number of aromatic carboxylic acids is 1. The third-order valence-corrected chi connectivity index (χ3v) is 2.86. The lowest BCUT2D eigenvalue weighted by molar-refractivity contribution is 0.0697. The fraction of sp³-hybridized carbons (Fsp3) is 0.133. The minimum absolute atomic E-state index is 0.193. The van der Waals surface area contributed by atoms with Crippen molar-refractivity contribution < 1.29 is 9.90 Å². The minimum Gasteiger partial charge on any atom is -0.478 e. The highest BCUT2D eigenvalue weighted by molar-refractivity contribution is 5.90. The number of nitrogens with two attached hydrogens (primary N) is 1. The monoisotopic (exact) mass is 256 g/mol. The number of nitrogens with one attached hydrogen (secondary N) is 1. The SMILES string of the molecule is Cc1cccc(CNc2ccc(C(=O)O)cc2N)c1. The standard InChI is InChI=1S/C15H16N2O2/c1-10-3-2-4-11(7-10)9-17-14-6-5-12(15(18)19)8-13(14)16/h2-8,17H,9,16H2,1H3,(H,18,19). The summed E-state index contributed by atoms with van der Waals surface area (Å²) >= 11 is 0. The van der Waals surface area contributed by atoms with Gasteiger partial charge in [0.25, 0.3) is 0 Å². The zero-order valence-corrected chi connectivity index (χ0v) is 10.7. The van der Waals surface area contributed by atoms with Crippen LogP contribution in [0.4, 0.5) is 11.4 Å². The first kappa shape index (κ1) is 13.0. The van der Waals surface area contributed by atoms with Gasteiger partial charge in [-0.2, -0.15) is 0 Å². The lowest BCUT2D eigenvalue weighted by Gasteiger charge is -2.10. The molecule has 0 bridgehead atoms. The molecule has 0 saturated carbocycles. The third-order valence-electron chi connectivity index (χ3n) is 2.86. The Kier molecular flexibility index (Phi) is 3.71. The lowest BCUT2D eigenvalue weighted by Crippen LogP contribution is -2.04. The maximum absolute atomic E-state index is 10.8. The van der Waals surface area contributed by atoms with Crippen molar-refractivity contribution in [2.24, 2.45) is 0 Å². The Morgan fingerprint density at radius 1 is 1.26 bits per heavy atom. The average Bonchev–Trinajstić information content (AvgIpc) is 2.37. The topological polar surface area (TPSA) is 75.3 Å². The molecule has 0 fully saturated rings. The van der Waals surface area contributed by atoms with Crippen molar-refractivity contribution in [3.05, 3.63) is 59.2 Å². The van der Waals surface area contributed by atoms with Crippen LogP contribution in [-0.2, 0) is 6.54 Å². The Balaban J connectivity index is 2.10. The van der Waals surface area contributed by atoms with Gasteiger partial charge >= 0.3 is 5.97 Å². The van der Waals surface area contributed by atoms with Gasteiger partial charge in [-0.05, 0) is 30.7 Å². The van der Waals surface area contributed by atoms with Crippen LogP contribution in [0.1, 0.15) is 21.5 Å². The van der Waals surface area contributed by atoms with Gasteiger partial charge in [-0.3, -0.25) is 0 Å². The van der Waals surface area contributed by atoms with E-state index in [4.69, 9.17) is 10.8 Å². The zero-order chi connectivity index (χ0) is 13.8. The van der Waals surface area contributed by atoms with Crippen LogP contribution in [0.3, 0.4) is 0 Å². The second-order valence-corrected chi connectivity index (χ2v) is 4.45. The Bertz CT molecular complexity index is 609. The predicted molar refractivity (Wildman–Crippen MR) is 76.3 cm³/mol. The molecule has 0 aliphatic heterocycles. The molecule has 0 heterocycles.